The van der Waals surface area contributed by atoms with Gasteiger partial charge in [0.2, 0.25) is 0 Å². The summed E-state index contributed by atoms with van der Waals surface area (Å²) >= 11 is 1.81. The topological polar surface area (TPSA) is 38.1 Å². The van der Waals surface area contributed by atoms with E-state index >= 15 is 0 Å². The maximum atomic E-state index is 12.9. The normalized spacial score (nSPS) is 17.8. The maximum absolute atomic E-state index is 12.9. The Labute approximate surface area is 134 Å². The van der Waals surface area contributed by atoms with Crippen LogP contribution in [0.3, 0.4) is 0 Å². The Bertz CT molecular complexity index is 708. The van der Waals surface area contributed by atoms with Gasteiger partial charge in [0, 0.05) is 36.1 Å². The summed E-state index contributed by atoms with van der Waals surface area (Å²) in [6.07, 6.45) is 6.69. The van der Waals surface area contributed by atoms with E-state index in [0.29, 0.717) is 5.69 Å². The number of thiophene rings is 1. The van der Waals surface area contributed by atoms with Gasteiger partial charge in [-0.25, -0.2) is 0 Å². The minimum Gasteiger partial charge on any atom is -0.337 e. The van der Waals surface area contributed by atoms with E-state index in [4.69, 9.17) is 0 Å². The first-order valence-corrected chi connectivity index (χ1v) is 9.05. The molecular weight excluding hydrogens is 294 g/mol. The second-order valence-electron chi connectivity index (χ2n) is 6.26. The van der Waals surface area contributed by atoms with Crippen LogP contribution in [-0.2, 0) is 19.9 Å². The molecule has 0 bridgehead atoms. The third-order valence-electron chi connectivity index (χ3n) is 4.84. The minimum atomic E-state index is 0.137. The lowest BCUT2D eigenvalue weighted by Crippen LogP contribution is -2.33. The van der Waals surface area contributed by atoms with Gasteiger partial charge >= 0.3 is 0 Å². The molecule has 2 aromatic rings. The van der Waals surface area contributed by atoms with Crippen molar-refractivity contribution in [1.82, 2.24) is 14.7 Å². The van der Waals surface area contributed by atoms with Gasteiger partial charge in [-0.1, -0.05) is 12.8 Å². The summed E-state index contributed by atoms with van der Waals surface area (Å²) in [5, 5.41) is 6.75. The number of nitrogens with zero attached hydrogens (tertiary/aromatic N) is 3. The van der Waals surface area contributed by atoms with Crippen LogP contribution in [-0.4, -0.2) is 33.7 Å². The lowest BCUT2D eigenvalue weighted by molar-refractivity contribution is 0.0754. The van der Waals surface area contributed by atoms with E-state index in [0.717, 1.165) is 50.0 Å². The van der Waals surface area contributed by atoms with Gasteiger partial charge in [-0.2, -0.15) is 5.10 Å². The molecule has 5 heteroatoms. The van der Waals surface area contributed by atoms with Crippen molar-refractivity contribution in [2.24, 2.45) is 7.05 Å². The predicted molar refractivity (Wildman–Crippen MR) is 88.3 cm³/mol. The number of likely N-dealkylation sites (tertiary alicyclic amines) is 1. The van der Waals surface area contributed by atoms with Gasteiger partial charge in [-0.15, -0.1) is 11.3 Å². The van der Waals surface area contributed by atoms with E-state index in [1.54, 1.807) is 0 Å². The van der Waals surface area contributed by atoms with Crippen molar-refractivity contribution >= 4 is 17.2 Å². The first-order chi connectivity index (χ1) is 10.8. The zero-order chi connectivity index (χ0) is 15.1. The summed E-state index contributed by atoms with van der Waals surface area (Å²) in [6, 6.07) is 2.17. The number of fused-ring (bicyclic) bond motifs is 3. The summed E-state index contributed by atoms with van der Waals surface area (Å²) in [5.41, 5.74) is 4.27. The van der Waals surface area contributed by atoms with Gasteiger partial charge in [0.05, 0.1) is 5.69 Å². The van der Waals surface area contributed by atoms with E-state index in [9.17, 15) is 4.79 Å². The van der Waals surface area contributed by atoms with Crippen molar-refractivity contribution in [3.63, 3.8) is 0 Å². The lowest BCUT2D eigenvalue weighted by atomic mass is 9.94. The summed E-state index contributed by atoms with van der Waals surface area (Å²) in [7, 11) is 1.96. The van der Waals surface area contributed by atoms with E-state index in [1.807, 2.05) is 28.0 Å². The van der Waals surface area contributed by atoms with Crippen LogP contribution in [0.2, 0.25) is 0 Å². The molecule has 22 heavy (non-hydrogen) atoms. The summed E-state index contributed by atoms with van der Waals surface area (Å²) in [5.74, 6) is 0.137. The first kappa shape index (κ1) is 14.0. The van der Waals surface area contributed by atoms with Crippen molar-refractivity contribution in [2.75, 3.05) is 13.1 Å². The molecule has 2 aromatic heterocycles. The average molecular weight is 315 g/mol. The van der Waals surface area contributed by atoms with E-state index in [-0.39, 0.29) is 5.91 Å². The highest BCUT2D eigenvalue weighted by molar-refractivity contribution is 7.10. The van der Waals surface area contributed by atoms with Crippen LogP contribution in [0.25, 0.3) is 11.3 Å². The number of hydrogen-bond acceptors (Lipinski definition) is 3. The molecule has 4 nitrogen and oxygen atoms in total. The van der Waals surface area contributed by atoms with E-state index in [2.05, 4.69) is 16.5 Å². The fourth-order valence-corrected chi connectivity index (χ4v) is 4.60. The largest absolute Gasteiger partial charge is 0.337 e. The molecule has 1 aliphatic heterocycles. The Morgan fingerprint density at radius 2 is 1.95 bits per heavy atom. The molecule has 0 saturated carbocycles. The van der Waals surface area contributed by atoms with Crippen LogP contribution in [0.4, 0.5) is 0 Å². The number of aromatic nitrogens is 2. The molecule has 116 valence electrons. The highest BCUT2D eigenvalue weighted by Crippen LogP contribution is 2.38. The predicted octanol–water partition coefficient (Wildman–Crippen LogP) is 3.26. The van der Waals surface area contributed by atoms with Gasteiger partial charge in [0.25, 0.3) is 5.91 Å². The van der Waals surface area contributed by atoms with Gasteiger partial charge < -0.3 is 4.90 Å². The molecule has 0 radical (unpaired) electrons. The van der Waals surface area contributed by atoms with Crippen LogP contribution >= 0.6 is 11.3 Å². The number of carbonyl (C=O) groups excluding carboxylic acids is 1. The molecule has 2 aliphatic rings. The smallest absolute Gasteiger partial charge is 0.274 e. The van der Waals surface area contributed by atoms with Crippen LogP contribution < -0.4 is 0 Å². The van der Waals surface area contributed by atoms with Gasteiger partial charge in [0.1, 0.15) is 0 Å². The maximum Gasteiger partial charge on any atom is 0.274 e. The Hall–Kier alpha value is -1.62. The van der Waals surface area contributed by atoms with Crippen molar-refractivity contribution in [2.45, 2.75) is 38.5 Å². The van der Waals surface area contributed by atoms with Gasteiger partial charge in [-0.3, -0.25) is 9.48 Å². The van der Waals surface area contributed by atoms with E-state index in [1.165, 1.54) is 23.3 Å². The minimum absolute atomic E-state index is 0.137. The third-order valence-corrected chi connectivity index (χ3v) is 5.82. The molecule has 0 N–H and O–H groups in total. The second-order valence-corrected chi connectivity index (χ2v) is 7.26. The fraction of sp³-hybridized carbons (Fsp3) is 0.529. The summed E-state index contributed by atoms with van der Waals surface area (Å²) < 4.78 is 1.91. The molecule has 1 saturated heterocycles. The van der Waals surface area contributed by atoms with E-state index < -0.39 is 0 Å². The number of amides is 1. The quantitative estimate of drug-likeness (QED) is 0.810. The Balaban J connectivity index is 1.72. The van der Waals surface area contributed by atoms with Gasteiger partial charge in [0.15, 0.2) is 5.69 Å². The number of hydrogen-bond donors (Lipinski definition) is 0. The highest BCUT2D eigenvalue weighted by Gasteiger charge is 2.30. The molecule has 0 atom stereocenters. The molecule has 4 rings (SSSR count). The number of carbonyl (C=O) groups is 1. The Morgan fingerprint density at radius 1 is 1.18 bits per heavy atom. The highest BCUT2D eigenvalue weighted by atomic mass is 32.1. The van der Waals surface area contributed by atoms with Crippen LogP contribution in [0.15, 0.2) is 11.4 Å². The van der Waals surface area contributed by atoms with Crippen LogP contribution in [0.5, 0.6) is 0 Å². The monoisotopic (exact) mass is 315 g/mol. The molecule has 1 aliphatic carbocycles. The molecular formula is C17H21N3OS. The van der Waals surface area contributed by atoms with Crippen molar-refractivity contribution < 1.29 is 4.79 Å². The zero-order valence-corrected chi connectivity index (χ0v) is 13.8. The second kappa shape index (κ2) is 5.54. The average Bonchev–Trinajstić information content (AvgIpc) is 3.01. The number of aryl methyl sites for hydroxylation is 2. The Morgan fingerprint density at radius 3 is 2.73 bits per heavy atom. The molecule has 0 spiro atoms. The molecule has 1 fully saturated rings. The van der Waals surface area contributed by atoms with Crippen LogP contribution in [0.1, 0.15) is 46.6 Å². The molecule has 0 aromatic carbocycles. The zero-order valence-electron chi connectivity index (χ0n) is 13.0. The Kier molecular flexibility index (Phi) is 3.53. The molecule has 3 heterocycles. The van der Waals surface area contributed by atoms with Crippen molar-refractivity contribution in [1.29, 1.82) is 0 Å². The third kappa shape index (κ3) is 2.19. The van der Waals surface area contributed by atoms with Crippen molar-refractivity contribution in [3.8, 4) is 11.3 Å². The first-order valence-electron chi connectivity index (χ1n) is 8.17. The fourth-order valence-electron chi connectivity index (χ4n) is 3.72. The lowest BCUT2D eigenvalue weighted by Gasteiger charge is -2.20. The number of rotatable bonds is 1. The SMILES string of the molecule is Cn1nc(C(=O)N2CCCCCC2)c2c1-c1ccsc1CC2. The molecule has 0 unspecified atom stereocenters. The van der Waals surface area contributed by atoms with Crippen molar-refractivity contribution in [3.05, 3.63) is 27.6 Å². The van der Waals surface area contributed by atoms with Crippen LogP contribution in [0, 0.1) is 0 Å². The summed E-state index contributed by atoms with van der Waals surface area (Å²) in [6.45, 7) is 1.77. The summed E-state index contributed by atoms with van der Waals surface area (Å²) in [4.78, 5) is 16.4. The molecule has 1 amide bonds. The standard InChI is InChI=1S/C17H21N3OS/c1-19-16-12-8-11-22-14(12)7-6-13(16)15(18-19)17(21)20-9-4-2-3-5-10-20/h8,11H,2-7,9-10H2,1H3. The van der Waals surface area contributed by atoms with Gasteiger partial charge in [-0.05, 0) is 37.1 Å².